The fourth-order valence-corrected chi connectivity index (χ4v) is 5.62. The topological polar surface area (TPSA) is 75.7 Å². The summed E-state index contributed by atoms with van der Waals surface area (Å²) in [5.74, 6) is 0.496. The van der Waals surface area contributed by atoms with Gasteiger partial charge in [0, 0.05) is 24.7 Å². The summed E-state index contributed by atoms with van der Waals surface area (Å²) in [4.78, 5) is 13.1. The van der Waals surface area contributed by atoms with E-state index >= 15 is 0 Å². The van der Waals surface area contributed by atoms with E-state index in [0.29, 0.717) is 30.8 Å². The molecule has 1 fully saturated rings. The minimum absolute atomic E-state index is 0.0656. The van der Waals surface area contributed by atoms with Crippen LogP contribution >= 0.6 is 0 Å². The van der Waals surface area contributed by atoms with Crippen LogP contribution in [0.25, 0.3) is 0 Å². The highest BCUT2D eigenvalue weighted by Gasteiger charge is 2.33. The van der Waals surface area contributed by atoms with Crippen molar-refractivity contribution in [1.82, 2.24) is 4.31 Å². The Morgan fingerprint density at radius 1 is 1.03 bits per heavy atom. The number of anilines is 1. The molecule has 7 heteroatoms. The molecule has 0 aliphatic carbocycles. The van der Waals surface area contributed by atoms with Crippen molar-refractivity contribution in [3.05, 3.63) is 53.1 Å². The number of hydrogen-bond donors (Lipinski definition) is 1. The molecule has 168 valence electrons. The molecule has 1 heterocycles. The number of sulfonamides is 1. The summed E-state index contributed by atoms with van der Waals surface area (Å²) in [6, 6.07) is 11.0. The summed E-state index contributed by atoms with van der Waals surface area (Å²) in [7, 11) is -3.55. The molecule has 0 radical (unpaired) electrons. The van der Waals surface area contributed by atoms with Crippen LogP contribution in [0.1, 0.15) is 43.4 Å². The number of aryl methyl sites for hydroxylation is 3. The summed E-state index contributed by atoms with van der Waals surface area (Å²) in [5, 5.41) is 3.00. The Kier molecular flexibility index (Phi) is 7.06. The SMILES string of the molecule is Cc1ccc(S(=O)(=O)N2CCC(C(=O)Nc3ccc(OC(C)C)cc3C)CC2)c(C)c1. The van der Waals surface area contributed by atoms with Crippen LogP contribution in [0, 0.1) is 26.7 Å². The van der Waals surface area contributed by atoms with Crippen LogP contribution in [0.4, 0.5) is 5.69 Å². The zero-order chi connectivity index (χ0) is 22.8. The third-order valence-corrected chi connectivity index (χ3v) is 7.66. The Balaban J connectivity index is 1.62. The fourth-order valence-electron chi connectivity index (χ4n) is 3.94. The minimum Gasteiger partial charge on any atom is -0.491 e. The van der Waals surface area contributed by atoms with Crippen LogP contribution in [0.15, 0.2) is 41.3 Å². The van der Waals surface area contributed by atoms with Gasteiger partial charge in [-0.05, 0) is 82.9 Å². The number of nitrogens with one attached hydrogen (secondary N) is 1. The Morgan fingerprint density at radius 3 is 2.29 bits per heavy atom. The second-order valence-corrected chi connectivity index (χ2v) is 10.5. The van der Waals surface area contributed by atoms with E-state index in [1.165, 1.54) is 4.31 Å². The molecule has 1 saturated heterocycles. The van der Waals surface area contributed by atoms with Crippen molar-refractivity contribution in [2.45, 2.75) is 58.5 Å². The Hall–Kier alpha value is -2.38. The number of carbonyl (C=O) groups excluding carboxylic acids is 1. The van der Waals surface area contributed by atoms with E-state index in [2.05, 4.69) is 5.32 Å². The van der Waals surface area contributed by atoms with Gasteiger partial charge in [0.1, 0.15) is 5.75 Å². The van der Waals surface area contributed by atoms with Gasteiger partial charge in [-0.25, -0.2) is 8.42 Å². The average Bonchev–Trinajstić information content (AvgIpc) is 2.69. The fraction of sp³-hybridized carbons (Fsp3) is 0.458. The number of carbonyl (C=O) groups is 1. The smallest absolute Gasteiger partial charge is 0.243 e. The van der Waals surface area contributed by atoms with Crippen molar-refractivity contribution in [3.63, 3.8) is 0 Å². The highest BCUT2D eigenvalue weighted by Crippen LogP contribution is 2.28. The second-order valence-electron chi connectivity index (χ2n) is 8.58. The van der Waals surface area contributed by atoms with Crippen LogP contribution < -0.4 is 10.1 Å². The number of rotatable bonds is 6. The number of hydrogen-bond acceptors (Lipinski definition) is 4. The Morgan fingerprint density at radius 2 is 1.71 bits per heavy atom. The molecular formula is C24H32N2O4S. The van der Waals surface area contributed by atoms with Gasteiger partial charge in [0.15, 0.2) is 0 Å². The molecule has 6 nitrogen and oxygen atoms in total. The molecule has 0 aromatic heterocycles. The average molecular weight is 445 g/mol. The van der Waals surface area contributed by atoms with Crippen molar-refractivity contribution < 1.29 is 17.9 Å². The second kappa shape index (κ2) is 9.40. The van der Waals surface area contributed by atoms with Crippen molar-refractivity contribution >= 4 is 21.6 Å². The summed E-state index contributed by atoms with van der Waals surface area (Å²) in [6.45, 7) is 10.3. The van der Waals surface area contributed by atoms with Gasteiger partial charge in [-0.1, -0.05) is 17.7 Å². The number of ether oxygens (including phenoxy) is 1. The minimum atomic E-state index is -3.55. The molecule has 1 N–H and O–H groups in total. The van der Waals surface area contributed by atoms with Crippen LogP contribution in [0.3, 0.4) is 0 Å². The molecule has 1 amide bonds. The van der Waals surface area contributed by atoms with E-state index in [-0.39, 0.29) is 17.9 Å². The van der Waals surface area contributed by atoms with Gasteiger partial charge in [0.2, 0.25) is 15.9 Å². The van der Waals surface area contributed by atoms with Crippen molar-refractivity contribution in [2.75, 3.05) is 18.4 Å². The van der Waals surface area contributed by atoms with Gasteiger partial charge in [0.05, 0.1) is 11.0 Å². The van der Waals surface area contributed by atoms with Crippen molar-refractivity contribution in [2.24, 2.45) is 5.92 Å². The van der Waals surface area contributed by atoms with Gasteiger partial charge in [0.25, 0.3) is 0 Å². The lowest BCUT2D eigenvalue weighted by Gasteiger charge is -2.31. The van der Waals surface area contributed by atoms with Crippen LogP contribution in [0.2, 0.25) is 0 Å². The molecule has 1 aliphatic heterocycles. The van der Waals surface area contributed by atoms with E-state index in [0.717, 1.165) is 28.1 Å². The standard InChI is InChI=1S/C24H32N2O4S/c1-16(2)30-21-7-8-22(18(4)15-21)25-24(27)20-10-12-26(13-11-20)31(28,29)23-9-6-17(3)14-19(23)5/h6-9,14-16,20H,10-13H2,1-5H3,(H,25,27). The molecule has 0 saturated carbocycles. The maximum Gasteiger partial charge on any atom is 0.243 e. The Labute approximate surface area is 185 Å². The zero-order valence-electron chi connectivity index (χ0n) is 18.9. The summed E-state index contributed by atoms with van der Waals surface area (Å²) in [6.07, 6.45) is 1.10. The lowest BCUT2D eigenvalue weighted by molar-refractivity contribution is -0.120. The molecule has 1 aliphatic rings. The highest BCUT2D eigenvalue weighted by molar-refractivity contribution is 7.89. The summed E-state index contributed by atoms with van der Waals surface area (Å²) in [5.41, 5.74) is 3.47. The van der Waals surface area contributed by atoms with Gasteiger partial charge in [-0.3, -0.25) is 4.79 Å². The predicted molar refractivity (Wildman–Crippen MR) is 123 cm³/mol. The number of amides is 1. The molecule has 2 aromatic rings. The van der Waals surface area contributed by atoms with E-state index in [9.17, 15) is 13.2 Å². The third kappa shape index (κ3) is 5.46. The van der Waals surface area contributed by atoms with E-state index in [1.807, 2.05) is 65.0 Å². The van der Waals surface area contributed by atoms with E-state index in [1.54, 1.807) is 6.07 Å². The van der Waals surface area contributed by atoms with Gasteiger partial charge < -0.3 is 10.1 Å². The van der Waals surface area contributed by atoms with E-state index in [4.69, 9.17) is 4.74 Å². The monoisotopic (exact) mass is 444 g/mol. The molecule has 3 rings (SSSR count). The molecule has 0 spiro atoms. The number of benzene rings is 2. The summed E-state index contributed by atoms with van der Waals surface area (Å²) >= 11 is 0. The molecule has 2 aromatic carbocycles. The highest BCUT2D eigenvalue weighted by atomic mass is 32.2. The first-order valence-corrected chi connectivity index (χ1v) is 12.2. The molecule has 0 unspecified atom stereocenters. The third-order valence-electron chi connectivity index (χ3n) is 5.60. The number of piperidine rings is 1. The van der Waals surface area contributed by atoms with Crippen molar-refractivity contribution in [1.29, 1.82) is 0 Å². The predicted octanol–water partition coefficient (Wildman–Crippen LogP) is 4.44. The van der Waals surface area contributed by atoms with Crippen LogP contribution in [-0.4, -0.2) is 37.8 Å². The number of nitrogens with zero attached hydrogens (tertiary/aromatic N) is 1. The molecule has 31 heavy (non-hydrogen) atoms. The van der Waals surface area contributed by atoms with E-state index < -0.39 is 10.0 Å². The Bertz CT molecular complexity index is 1060. The first-order chi connectivity index (χ1) is 14.6. The molecular weight excluding hydrogens is 412 g/mol. The van der Waals surface area contributed by atoms with Crippen LogP contribution in [0.5, 0.6) is 5.75 Å². The van der Waals surface area contributed by atoms with Gasteiger partial charge >= 0.3 is 0 Å². The maximum absolute atomic E-state index is 13.1. The maximum atomic E-state index is 13.1. The zero-order valence-corrected chi connectivity index (χ0v) is 19.8. The normalized spacial score (nSPS) is 15.8. The lowest BCUT2D eigenvalue weighted by Crippen LogP contribution is -2.41. The summed E-state index contributed by atoms with van der Waals surface area (Å²) < 4.78 is 33.3. The quantitative estimate of drug-likeness (QED) is 0.715. The van der Waals surface area contributed by atoms with Gasteiger partial charge in [-0.15, -0.1) is 0 Å². The first kappa shape index (κ1) is 23.3. The molecule has 0 bridgehead atoms. The largest absolute Gasteiger partial charge is 0.491 e. The first-order valence-electron chi connectivity index (χ1n) is 10.7. The van der Waals surface area contributed by atoms with Crippen molar-refractivity contribution in [3.8, 4) is 5.75 Å². The van der Waals surface area contributed by atoms with Crippen LogP contribution in [-0.2, 0) is 14.8 Å². The molecule has 0 atom stereocenters. The lowest BCUT2D eigenvalue weighted by atomic mass is 9.97. The van der Waals surface area contributed by atoms with Gasteiger partial charge in [-0.2, -0.15) is 4.31 Å².